The SMILES string of the molecule is COC(=O)c1ccc(/C=N/n2c(C)nnc(-c3ccccc3)c2=O)cc1. The average molecular weight is 348 g/mol. The fourth-order valence-corrected chi connectivity index (χ4v) is 2.32. The monoisotopic (exact) mass is 348 g/mol. The highest BCUT2D eigenvalue weighted by Gasteiger charge is 2.10. The number of carbonyl (C=O) groups excluding carboxylic acids is 1. The Bertz CT molecular complexity index is 1010. The quantitative estimate of drug-likeness (QED) is 0.533. The molecular formula is C19H16N4O3. The van der Waals surface area contributed by atoms with Gasteiger partial charge in [-0.1, -0.05) is 42.5 Å². The summed E-state index contributed by atoms with van der Waals surface area (Å²) >= 11 is 0. The van der Waals surface area contributed by atoms with Crippen molar-refractivity contribution in [2.45, 2.75) is 6.92 Å². The highest BCUT2D eigenvalue weighted by Crippen LogP contribution is 2.11. The van der Waals surface area contributed by atoms with E-state index >= 15 is 0 Å². The van der Waals surface area contributed by atoms with E-state index < -0.39 is 5.97 Å². The van der Waals surface area contributed by atoms with Crippen LogP contribution < -0.4 is 5.56 Å². The lowest BCUT2D eigenvalue weighted by molar-refractivity contribution is 0.0600. The molecule has 2 aromatic carbocycles. The zero-order valence-corrected chi connectivity index (χ0v) is 14.3. The van der Waals surface area contributed by atoms with Crippen LogP contribution in [0.5, 0.6) is 0 Å². The van der Waals surface area contributed by atoms with Crippen LogP contribution >= 0.6 is 0 Å². The van der Waals surface area contributed by atoms with E-state index in [1.54, 1.807) is 43.3 Å². The van der Waals surface area contributed by atoms with Crippen LogP contribution in [0.25, 0.3) is 11.3 Å². The van der Waals surface area contributed by atoms with E-state index in [0.29, 0.717) is 17.0 Å². The molecule has 7 heteroatoms. The molecule has 3 rings (SSSR count). The van der Waals surface area contributed by atoms with Crippen molar-refractivity contribution in [1.82, 2.24) is 14.9 Å². The normalized spacial score (nSPS) is 10.8. The third kappa shape index (κ3) is 3.56. The van der Waals surface area contributed by atoms with E-state index in [2.05, 4.69) is 20.0 Å². The number of methoxy groups -OCH3 is 1. The molecule has 1 heterocycles. The van der Waals surface area contributed by atoms with E-state index in [1.165, 1.54) is 18.0 Å². The van der Waals surface area contributed by atoms with Crippen molar-refractivity contribution in [3.05, 3.63) is 81.9 Å². The van der Waals surface area contributed by atoms with Crippen LogP contribution in [0.3, 0.4) is 0 Å². The van der Waals surface area contributed by atoms with Crippen molar-refractivity contribution in [2.75, 3.05) is 7.11 Å². The van der Waals surface area contributed by atoms with Crippen molar-refractivity contribution >= 4 is 12.2 Å². The fraction of sp³-hybridized carbons (Fsp3) is 0.105. The number of nitrogens with zero attached hydrogens (tertiary/aromatic N) is 4. The third-order valence-electron chi connectivity index (χ3n) is 3.70. The number of rotatable bonds is 4. The van der Waals surface area contributed by atoms with Crippen LogP contribution in [0.15, 0.2) is 64.5 Å². The highest BCUT2D eigenvalue weighted by molar-refractivity contribution is 5.90. The fourth-order valence-electron chi connectivity index (χ4n) is 2.32. The van der Waals surface area contributed by atoms with Gasteiger partial charge in [0.15, 0.2) is 11.5 Å². The molecule has 0 bridgehead atoms. The summed E-state index contributed by atoms with van der Waals surface area (Å²) in [6, 6.07) is 15.8. The molecule has 0 aliphatic carbocycles. The lowest BCUT2D eigenvalue weighted by atomic mass is 10.1. The van der Waals surface area contributed by atoms with Crippen LogP contribution in [0.2, 0.25) is 0 Å². The Morgan fingerprint density at radius 3 is 2.42 bits per heavy atom. The maximum absolute atomic E-state index is 12.7. The summed E-state index contributed by atoms with van der Waals surface area (Å²) in [5, 5.41) is 12.2. The van der Waals surface area contributed by atoms with Gasteiger partial charge >= 0.3 is 11.5 Å². The smallest absolute Gasteiger partial charge is 0.337 e. The Labute approximate surface area is 149 Å². The first kappa shape index (κ1) is 17.2. The predicted molar refractivity (Wildman–Crippen MR) is 97.2 cm³/mol. The summed E-state index contributed by atoms with van der Waals surface area (Å²) in [6.07, 6.45) is 1.52. The standard InChI is InChI=1S/C19H16N4O3/c1-13-21-22-17(15-6-4-3-5-7-15)18(24)23(13)20-12-14-8-10-16(11-9-14)19(25)26-2/h3-12H,1-2H3/b20-12+. The number of hydrogen-bond acceptors (Lipinski definition) is 6. The zero-order chi connectivity index (χ0) is 18.5. The van der Waals surface area contributed by atoms with Crippen molar-refractivity contribution in [3.8, 4) is 11.3 Å². The Hall–Kier alpha value is -3.61. The predicted octanol–water partition coefficient (Wildman–Crippen LogP) is 2.28. The van der Waals surface area contributed by atoms with Gasteiger partial charge in [-0.2, -0.15) is 9.78 Å². The van der Waals surface area contributed by atoms with Crippen molar-refractivity contribution in [2.24, 2.45) is 5.10 Å². The van der Waals surface area contributed by atoms with E-state index in [4.69, 9.17) is 0 Å². The van der Waals surface area contributed by atoms with Crippen LogP contribution in [0.1, 0.15) is 21.7 Å². The summed E-state index contributed by atoms with van der Waals surface area (Å²) in [4.78, 5) is 24.1. The molecule has 0 saturated heterocycles. The van der Waals surface area contributed by atoms with Gasteiger partial charge in [0.2, 0.25) is 0 Å². The number of aromatic nitrogens is 3. The molecule has 0 amide bonds. The van der Waals surface area contributed by atoms with Gasteiger partial charge in [0.05, 0.1) is 18.9 Å². The molecule has 0 fully saturated rings. The second-order valence-electron chi connectivity index (χ2n) is 5.44. The maximum Gasteiger partial charge on any atom is 0.337 e. The minimum absolute atomic E-state index is 0.231. The Morgan fingerprint density at radius 1 is 1.08 bits per heavy atom. The van der Waals surface area contributed by atoms with E-state index in [-0.39, 0.29) is 11.3 Å². The molecule has 0 radical (unpaired) electrons. The minimum Gasteiger partial charge on any atom is -0.465 e. The van der Waals surface area contributed by atoms with Crippen molar-refractivity contribution in [1.29, 1.82) is 0 Å². The third-order valence-corrected chi connectivity index (χ3v) is 3.70. The summed E-state index contributed by atoms with van der Waals surface area (Å²) in [5.74, 6) is -0.0384. The first-order valence-electron chi connectivity index (χ1n) is 7.84. The van der Waals surface area contributed by atoms with Crippen molar-refractivity contribution in [3.63, 3.8) is 0 Å². The molecular weight excluding hydrogens is 332 g/mol. The van der Waals surface area contributed by atoms with Crippen LogP contribution in [-0.2, 0) is 4.74 Å². The molecule has 1 aromatic heterocycles. The number of carbonyl (C=O) groups is 1. The summed E-state index contributed by atoms with van der Waals surface area (Å²) < 4.78 is 5.86. The molecule has 3 aromatic rings. The molecule has 0 aliphatic heterocycles. The lowest BCUT2D eigenvalue weighted by Crippen LogP contribution is -2.23. The Morgan fingerprint density at radius 2 is 1.77 bits per heavy atom. The van der Waals surface area contributed by atoms with Gasteiger partial charge in [0.1, 0.15) is 0 Å². The molecule has 7 nitrogen and oxygen atoms in total. The second-order valence-corrected chi connectivity index (χ2v) is 5.44. The van der Waals surface area contributed by atoms with E-state index in [9.17, 15) is 9.59 Å². The van der Waals surface area contributed by atoms with Crippen LogP contribution in [0, 0.1) is 6.92 Å². The zero-order valence-electron chi connectivity index (χ0n) is 14.3. The van der Waals surface area contributed by atoms with Gasteiger partial charge in [-0.05, 0) is 24.6 Å². The van der Waals surface area contributed by atoms with E-state index in [0.717, 1.165) is 5.56 Å². The molecule has 0 unspecified atom stereocenters. The first-order chi connectivity index (χ1) is 12.6. The van der Waals surface area contributed by atoms with E-state index in [1.807, 2.05) is 18.2 Å². The number of ether oxygens (including phenoxy) is 1. The molecule has 0 atom stereocenters. The Balaban J connectivity index is 1.93. The van der Waals surface area contributed by atoms with Crippen LogP contribution in [0.4, 0.5) is 0 Å². The van der Waals surface area contributed by atoms with Gasteiger partial charge in [-0.3, -0.25) is 4.79 Å². The van der Waals surface area contributed by atoms with Crippen LogP contribution in [-0.4, -0.2) is 34.2 Å². The molecule has 0 spiro atoms. The Kier molecular flexibility index (Phi) is 4.98. The summed E-state index contributed by atoms with van der Waals surface area (Å²) in [7, 11) is 1.33. The maximum atomic E-state index is 12.7. The lowest BCUT2D eigenvalue weighted by Gasteiger charge is -2.05. The largest absolute Gasteiger partial charge is 0.465 e. The summed E-state index contributed by atoms with van der Waals surface area (Å²) in [6.45, 7) is 1.65. The van der Waals surface area contributed by atoms with Crippen molar-refractivity contribution < 1.29 is 9.53 Å². The molecule has 0 aliphatic rings. The molecule has 130 valence electrons. The molecule has 0 saturated carbocycles. The second kappa shape index (κ2) is 7.52. The first-order valence-corrected chi connectivity index (χ1v) is 7.84. The van der Waals surface area contributed by atoms with Gasteiger partial charge in [0.25, 0.3) is 0 Å². The average Bonchev–Trinajstić information content (AvgIpc) is 2.68. The van der Waals surface area contributed by atoms with Gasteiger partial charge < -0.3 is 4.74 Å². The minimum atomic E-state index is -0.411. The number of aryl methyl sites for hydroxylation is 1. The molecule has 26 heavy (non-hydrogen) atoms. The number of benzene rings is 2. The number of hydrogen-bond donors (Lipinski definition) is 0. The highest BCUT2D eigenvalue weighted by atomic mass is 16.5. The van der Waals surface area contributed by atoms with Gasteiger partial charge in [0, 0.05) is 5.56 Å². The number of esters is 1. The topological polar surface area (TPSA) is 86.4 Å². The summed E-state index contributed by atoms with van der Waals surface area (Å²) in [5.41, 5.74) is 1.72. The van der Waals surface area contributed by atoms with Gasteiger partial charge in [-0.25, -0.2) is 4.79 Å². The van der Waals surface area contributed by atoms with Gasteiger partial charge in [-0.15, -0.1) is 10.2 Å². The molecule has 0 N–H and O–H groups in total.